The first kappa shape index (κ1) is 15.2. The molecule has 0 spiro atoms. The molecule has 1 fully saturated rings. The molecule has 1 N–H and O–H groups in total. The van der Waals surface area contributed by atoms with Crippen LogP contribution >= 0.6 is 0 Å². The number of imide groups is 1. The van der Waals surface area contributed by atoms with E-state index in [4.69, 9.17) is 0 Å². The van der Waals surface area contributed by atoms with Crippen LogP contribution < -0.4 is 5.32 Å². The van der Waals surface area contributed by atoms with Crippen molar-refractivity contribution in [1.29, 1.82) is 0 Å². The molecule has 118 valence electrons. The van der Waals surface area contributed by atoms with E-state index in [0.717, 1.165) is 16.3 Å². The summed E-state index contributed by atoms with van der Waals surface area (Å²) in [6.07, 6.45) is 0.667. The average Bonchev–Trinajstić information content (AvgIpc) is 2.89. The van der Waals surface area contributed by atoms with Gasteiger partial charge in [0.05, 0.1) is 0 Å². The van der Waals surface area contributed by atoms with Crippen LogP contribution in [0.1, 0.15) is 24.8 Å². The van der Waals surface area contributed by atoms with E-state index in [2.05, 4.69) is 5.32 Å². The minimum atomic E-state index is -0.183. The number of benzene rings is 2. The van der Waals surface area contributed by atoms with E-state index in [9.17, 15) is 14.4 Å². The number of hydrogen-bond acceptors (Lipinski definition) is 3. The minimum Gasteiger partial charge on any atom is -0.352 e. The first-order chi connectivity index (χ1) is 11.1. The highest BCUT2D eigenvalue weighted by molar-refractivity contribution is 6.02. The molecule has 23 heavy (non-hydrogen) atoms. The highest BCUT2D eigenvalue weighted by Crippen LogP contribution is 2.15. The number of nitrogens with zero attached hydrogens (tertiary/aromatic N) is 1. The Morgan fingerprint density at radius 3 is 2.43 bits per heavy atom. The van der Waals surface area contributed by atoms with E-state index in [1.54, 1.807) is 0 Å². The van der Waals surface area contributed by atoms with Crippen molar-refractivity contribution in [2.45, 2.75) is 25.8 Å². The lowest BCUT2D eigenvalue weighted by atomic mass is 10.1. The maximum Gasteiger partial charge on any atom is 0.229 e. The van der Waals surface area contributed by atoms with Crippen LogP contribution in [-0.2, 0) is 20.9 Å². The smallest absolute Gasteiger partial charge is 0.229 e. The van der Waals surface area contributed by atoms with Crippen molar-refractivity contribution in [3.8, 4) is 0 Å². The predicted octanol–water partition coefficient (Wildman–Crippen LogP) is 2.00. The summed E-state index contributed by atoms with van der Waals surface area (Å²) in [5.41, 5.74) is 1.02. The Morgan fingerprint density at radius 2 is 1.70 bits per heavy atom. The molecule has 0 aliphatic carbocycles. The van der Waals surface area contributed by atoms with Crippen molar-refractivity contribution in [2.24, 2.45) is 0 Å². The molecule has 3 amide bonds. The van der Waals surface area contributed by atoms with Crippen LogP contribution in [0.5, 0.6) is 0 Å². The Morgan fingerprint density at radius 1 is 1.00 bits per heavy atom. The molecule has 1 heterocycles. The first-order valence-corrected chi connectivity index (χ1v) is 7.71. The van der Waals surface area contributed by atoms with Gasteiger partial charge in [-0.25, -0.2) is 0 Å². The minimum absolute atomic E-state index is 0.144. The zero-order valence-corrected chi connectivity index (χ0v) is 12.7. The second kappa shape index (κ2) is 6.60. The van der Waals surface area contributed by atoms with Gasteiger partial charge in [-0.15, -0.1) is 0 Å². The number of nitrogens with one attached hydrogen (secondary N) is 1. The van der Waals surface area contributed by atoms with Gasteiger partial charge in [-0.3, -0.25) is 19.3 Å². The molecule has 3 rings (SSSR count). The van der Waals surface area contributed by atoms with Crippen LogP contribution in [0.3, 0.4) is 0 Å². The van der Waals surface area contributed by atoms with Gasteiger partial charge in [0.25, 0.3) is 0 Å². The van der Waals surface area contributed by atoms with Crippen LogP contribution in [-0.4, -0.2) is 29.2 Å². The molecule has 0 aromatic heterocycles. The second-order valence-electron chi connectivity index (χ2n) is 5.65. The van der Waals surface area contributed by atoms with Crippen LogP contribution in [0, 0.1) is 0 Å². The molecule has 1 aliphatic heterocycles. The van der Waals surface area contributed by atoms with Gasteiger partial charge in [0, 0.05) is 32.4 Å². The molecule has 0 saturated carbocycles. The van der Waals surface area contributed by atoms with Crippen LogP contribution in [0.15, 0.2) is 42.5 Å². The first-order valence-electron chi connectivity index (χ1n) is 7.71. The third kappa shape index (κ3) is 3.56. The Kier molecular flexibility index (Phi) is 4.37. The normalized spacial score (nSPS) is 14.5. The number of rotatable bonds is 5. The molecule has 1 aliphatic rings. The van der Waals surface area contributed by atoms with Crippen LogP contribution in [0.4, 0.5) is 0 Å². The molecule has 2 aromatic carbocycles. The van der Waals surface area contributed by atoms with Crippen molar-refractivity contribution >= 4 is 28.5 Å². The van der Waals surface area contributed by atoms with Gasteiger partial charge in [0.1, 0.15) is 0 Å². The van der Waals surface area contributed by atoms with Gasteiger partial charge in [0.2, 0.25) is 17.7 Å². The number of carbonyl (C=O) groups excluding carboxylic acids is 3. The summed E-state index contributed by atoms with van der Waals surface area (Å²) >= 11 is 0. The van der Waals surface area contributed by atoms with Crippen molar-refractivity contribution < 1.29 is 14.4 Å². The number of carbonyl (C=O) groups is 3. The fraction of sp³-hybridized carbons (Fsp3) is 0.278. The summed E-state index contributed by atoms with van der Waals surface area (Å²) in [5, 5.41) is 5.12. The standard InChI is InChI=1S/C18H18N2O3/c21-16(9-10-20-17(22)7-8-18(20)23)19-12-13-5-6-14-3-1-2-4-15(14)11-13/h1-6,11H,7-10,12H2,(H,19,21). The van der Waals surface area contributed by atoms with Gasteiger partial charge >= 0.3 is 0 Å². The lowest BCUT2D eigenvalue weighted by Gasteiger charge is -2.13. The SMILES string of the molecule is O=C(CCN1C(=O)CCC1=O)NCc1ccc2ccccc2c1. The summed E-state index contributed by atoms with van der Waals surface area (Å²) in [6, 6.07) is 14.1. The molecular formula is C18H18N2O3. The van der Waals surface area contributed by atoms with Crippen molar-refractivity contribution in [2.75, 3.05) is 6.54 Å². The average molecular weight is 310 g/mol. The lowest BCUT2D eigenvalue weighted by Crippen LogP contribution is -2.34. The van der Waals surface area contributed by atoms with E-state index < -0.39 is 0 Å². The predicted molar refractivity (Wildman–Crippen MR) is 86.4 cm³/mol. The van der Waals surface area contributed by atoms with E-state index in [0.29, 0.717) is 6.54 Å². The Balaban J connectivity index is 1.52. The fourth-order valence-electron chi connectivity index (χ4n) is 2.72. The van der Waals surface area contributed by atoms with E-state index in [1.165, 1.54) is 4.90 Å². The third-order valence-electron chi connectivity index (χ3n) is 4.02. The molecule has 0 radical (unpaired) electrons. The molecule has 0 atom stereocenters. The van der Waals surface area contributed by atoms with E-state index >= 15 is 0 Å². The van der Waals surface area contributed by atoms with Crippen LogP contribution in [0.25, 0.3) is 10.8 Å². The van der Waals surface area contributed by atoms with Crippen molar-refractivity contribution in [1.82, 2.24) is 10.2 Å². The topological polar surface area (TPSA) is 66.5 Å². The monoisotopic (exact) mass is 310 g/mol. The van der Waals surface area contributed by atoms with Gasteiger partial charge < -0.3 is 5.32 Å². The zero-order valence-electron chi connectivity index (χ0n) is 12.7. The summed E-state index contributed by atoms with van der Waals surface area (Å²) in [4.78, 5) is 36.0. The molecule has 1 saturated heterocycles. The quantitative estimate of drug-likeness (QED) is 0.859. The molecule has 5 nitrogen and oxygen atoms in total. The van der Waals surface area contributed by atoms with E-state index in [-0.39, 0.29) is 43.5 Å². The number of hydrogen-bond donors (Lipinski definition) is 1. The third-order valence-corrected chi connectivity index (χ3v) is 4.02. The summed E-state index contributed by atoms with van der Waals surface area (Å²) < 4.78 is 0. The van der Waals surface area contributed by atoms with Gasteiger partial charge in [-0.1, -0.05) is 36.4 Å². The summed E-state index contributed by atoms with van der Waals surface area (Å²) in [6.45, 7) is 0.604. The van der Waals surface area contributed by atoms with Crippen molar-refractivity contribution in [3.05, 3.63) is 48.0 Å². The molecule has 5 heteroatoms. The zero-order chi connectivity index (χ0) is 16.2. The van der Waals surface area contributed by atoms with Gasteiger partial charge in [0.15, 0.2) is 0 Å². The Hall–Kier alpha value is -2.69. The lowest BCUT2D eigenvalue weighted by molar-refractivity contribution is -0.138. The van der Waals surface area contributed by atoms with Crippen molar-refractivity contribution in [3.63, 3.8) is 0 Å². The number of fused-ring (bicyclic) bond motifs is 1. The fourth-order valence-corrected chi connectivity index (χ4v) is 2.72. The summed E-state index contributed by atoms with van der Waals surface area (Å²) in [5.74, 6) is -0.527. The van der Waals surface area contributed by atoms with Gasteiger partial charge in [-0.2, -0.15) is 0 Å². The second-order valence-corrected chi connectivity index (χ2v) is 5.65. The van der Waals surface area contributed by atoms with Gasteiger partial charge in [-0.05, 0) is 22.4 Å². The van der Waals surface area contributed by atoms with Crippen LogP contribution in [0.2, 0.25) is 0 Å². The Labute approximate surface area is 134 Å². The molecule has 0 bridgehead atoms. The number of likely N-dealkylation sites (tertiary alicyclic amines) is 1. The highest BCUT2D eigenvalue weighted by atomic mass is 16.2. The van der Waals surface area contributed by atoms with E-state index in [1.807, 2.05) is 42.5 Å². The molecular weight excluding hydrogens is 292 g/mol. The summed E-state index contributed by atoms with van der Waals surface area (Å²) in [7, 11) is 0. The highest BCUT2D eigenvalue weighted by Gasteiger charge is 2.28. The largest absolute Gasteiger partial charge is 0.352 e. The molecule has 2 aromatic rings. The molecule has 0 unspecified atom stereocenters. The number of amides is 3. The maximum absolute atomic E-state index is 11.9. The Bertz CT molecular complexity index is 754. The maximum atomic E-state index is 11.9.